The number of carboxylic acids is 1. The molecule has 40 N–H and O–H groups in total. The number of anilines is 5. The highest BCUT2D eigenvalue weighted by Gasteiger charge is 2.50. The number of aromatic amines is 1. The molecule has 11 heterocycles. The number of carbonyl (C=O) groups is 7. The summed E-state index contributed by atoms with van der Waals surface area (Å²) in [5.74, 6) is -7.26. The summed E-state index contributed by atoms with van der Waals surface area (Å²) >= 11 is 0. The fourth-order valence-electron chi connectivity index (χ4n) is 12.1. The normalized spacial score (nSPS) is 28.8. The van der Waals surface area contributed by atoms with E-state index in [0.29, 0.717) is 60.8 Å². The molecule has 0 radical (unpaired) electrons. The first-order valence-electron chi connectivity index (χ1n) is 42.8. The summed E-state index contributed by atoms with van der Waals surface area (Å²) in [4.78, 5) is 168. The van der Waals surface area contributed by atoms with Crippen LogP contribution in [0, 0.1) is 0 Å². The van der Waals surface area contributed by atoms with E-state index in [-0.39, 0.29) is 67.3 Å². The lowest BCUT2D eigenvalue weighted by atomic mass is 10.1. The Labute approximate surface area is 775 Å². The predicted octanol–water partition coefficient (Wildman–Crippen LogP) is -14.4. The van der Waals surface area contributed by atoms with E-state index in [1.165, 1.54) is 12.5 Å². The fourth-order valence-corrected chi connectivity index (χ4v) is 12.1. The number of H-pyrrole nitrogens is 1. The van der Waals surface area contributed by atoms with Crippen molar-refractivity contribution in [3.05, 3.63) is 132 Å². The van der Waals surface area contributed by atoms with Gasteiger partial charge in [-0.2, -0.15) is 24.9 Å². The van der Waals surface area contributed by atoms with Crippen molar-refractivity contribution in [1.82, 2.24) is 57.7 Å². The van der Waals surface area contributed by atoms with Gasteiger partial charge in [-0.1, -0.05) is 6.42 Å². The van der Waals surface area contributed by atoms with E-state index in [1.54, 1.807) is 27.4 Å². The van der Waals surface area contributed by atoms with Crippen molar-refractivity contribution in [1.29, 1.82) is 0 Å². The number of esters is 5. The number of rotatable bonds is 40. The molecule has 65 heteroatoms. The number of guanidine groups is 1. The Morgan fingerprint density at radius 3 is 0.927 bits per heavy atom. The van der Waals surface area contributed by atoms with Crippen LogP contribution in [0.3, 0.4) is 0 Å². The molecule has 0 bridgehead atoms. The maximum atomic E-state index is 12.1. The van der Waals surface area contributed by atoms with Crippen molar-refractivity contribution < 1.29 is 170 Å². The summed E-state index contributed by atoms with van der Waals surface area (Å²) < 4.78 is 95.4. The van der Waals surface area contributed by atoms with Gasteiger partial charge in [0.05, 0.1) is 19.6 Å². The Hall–Kier alpha value is -12.9. The third kappa shape index (κ3) is 31.6. The SMILES string of the molecule is [2H][C@@]1(n2ccc(NO)nc2=O)O[C@H](COC(=O)[C@H](N)CC(=O)O)[C@@H](O)[C@H]1O.[2H][C@@]1(n2ccc(NO)nc2=O)O[C@H](COC(=O)[C@H](N)CCC(N)=O)[C@@H](O)[C@H]1O.[2H][C@@]1(n2ccc(NO)nc2=O)O[C@H](COC(=O)[C@H](N)CCCCN)[C@@H](O)[C@H]1O.[2H][C@@]1(n2ccc(NO)nc2=O)O[C@H](COC(=O)[C@H](N)CCCN=C(N)N)[C@@H](O)[C@H]1O.[2H][C@@]1(n2ccc(NO)nc2=O)O[C@H](COC(=O)[C@H](N)Cc2cnc[nH]2)[C@@H](O)[C@H]1O. The highest BCUT2D eigenvalue weighted by molar-refractivity contribution is 5.82. The van der Waals surface area contributed by atoms with Gasteiger partial charge in [0.15, 0.2) is 66.1 Å². The zero-order chi connectivity index (χ0) is 106. The monoisotopic (exact) mass is 1960 g/mol. The molecule has 1 amide bonds. The Kier molecular flexibility index (Phi) is 40.3. The van der Waals surface area contributed by atoms with E-state index in [1.807, 2.05) is 0 Å². The number of nitrogens with zero attached hydrogens (tertiary/aromatic N) is 12. The molecule has 0 spiro atoms. The van der Waals surface area contributed by atoms with Crippen LogP contribution >= 0.6 is 0 Å². The van der Waals surface area contributed by atoms with Crippen LogP contribution in [-0.4, -0.2) is 356 Å². The van der Waals surface area contributed by atoms with Crippen molar-refractivity contribution in [3.8, 4) is 0 Å². The average Bonchev–Trinajstić information content (AvgIpc) is 1.63. The number of aliphatic hydroxyl groups is 10. The lowest BCUT2D eigenvalue weighted by Gasteiger charge is -2.17. The van der Waals surface area contributed by atoms with E-state index in [2.05, 4.69) is 39.9 Å². The van der Waals surface area contributed by atoms with Crippen LogP contribution in [-0.2, 0) is 87.4 Å². The molecule has 137 heavy (non-hydrogen) atoms. The first-order valence-corrected chi connectivity index (χ1v) is 40.3. The Balaban J connectivity index is 0.000000241. The molecule has 6 aromatic heterocycles. The number of aromatic nitrogens is 12. The minimum Gasteiger partial charge on any atom is -0.481 e. The molecule has 5 aliphatic heterocycles. The molecule has 5 saturated heterocycles. The summed E-state index contributed by atoms with van der Waals surface area (Å²) in [6.45, 7) is -1.94. The van der Waals surface area contributed by atoms with Gasteiger partial charge in [0.2, 0.25) is 5.91 Å². The summed E-state index contributed by atoms with van der Waals surface area (Å²) in [5.41, 5.74) is 52.5. The molecular formula is C72H109N27O38. The number of amides is 1. The summed E-state index contributed by atoms with van der Waals surface area (Å²) in [5, 5.41) is 154. The number of unbranched alkanes of at least 4 members (excludes halogenated alkanes) is 1. The minimum absolute atomic E-state index is 0.0421. The van der Waals surface area contributed by atoms with E-state index in [4.69, 9.17) is 137 Å². The topological polar surface area (TPSA) is 1050 Å². The molecule has 760 valence electrons. The van der Waals surface area contributed by atoms with Crippen LogP contribution in [0.15, 0.2) is 103 Å². The van der Waals surface area contributed by atoms with E-state index >= 15 is 0 Å². The first kappa shape index (κ1) is 103. The number of aliphatic carboxylic acids is 1. The van der Waals surface area contributed by atoms with E-state index < -0.39 is 262 Å². The second-order valence-electron chi connectivity index (χ2n) is 29.3. The summed E-state index contributed by atoms with van der Waals surface area (Å²) in [6.07, 6.45) is -26.6. The van der Waals surface area contributed by atoms with Gasteiger partial charge in [0.25, 0.3) is 0 Å². The number of carbonyl (C=O) groups excluding carboxylic acids is 6. The molecular weight excluding hydrogens is 1850 g/mol. The summed E-state index contributed by atoms with van der Waals surface area (Å²) in [7, 11) is 0. The third-order valence-corrected chi connectivity index (χ3v) is 19.4. The number of hydrogen-bond acceptors (Lipinski definition) is 55. The summed E-state index contributed by atoms with van der Waals surface area (Å²) in [6, 6.07) is 0.257. The Morgan fingerprint density at radius 1 is 0.416 bits per heavy atom. The lowest BCUT2D eigenvalue weighted by Crippen LogP contribution is -2.39. The third-order valence-electron chi connectivity index (χ3n) is 19.4. The number of hydrogen-bond donors (Lipinski definition) is 31. The number of aliphatic hydroxyl groups excluding tert-OH is 10. The zero-order valence-corrected chi connectivity index (χ0v) is 71.5. The van der Waals surface area contributed by atoms with Crippen LogP contribution in [0.25, 0.3) is 0 Å². The van der Waals surface area contributed by atoms with Gasteiger partial charge in [0, 0.05) is 62.3 Å². The molecule has 6 aromatic rings. The number of nitrogens with one attached hydrogen (secondary N) is 6. The van der Waals surface area contributed by atoms with Gasteiger partial charge in [0.1, 0.15) is 155 Å². The molecule has 65 nitrogen and oxygen atoms in total. The molecule has 0 saturated carbocycles. The highest BCUT2D eigenvalue weighted by atomic mass is 16.6. The molecule has 0 aromatic carbocycles. The smallest absolute Gasteiger partial charge is 0.351 e. The minimum atomic E-state index is -2.49. The van der Waals surface area contributed by atoms with Gasteiger partial charge in [-0.15, -0.1) is 0 Å². The zero-order valence-electron chi connectivity index (χ0n) is 76.5. The van der Waals surface area contributed by atoms with Crippen molar-refractivity contribution in [2.45, 2.75) is 211 Å². The maximum Gasteiger partial charge on any atom is 0.351 e. The molecule has 0 unspecified atom stereocenters. The van der Waals surface area contributed by atoms with Crippen molar-refractivity contribution in [3.63, 3.8) is 0 Å². The molecule has 0 aliphatic carbocycles. The van der Waals surface area contributed by atoms with Gasteiger partial charge >= 0.3 is 64.3 Å². The average molecular weight is 1970 g/mol. The van der Waals surface area contributed by atoms with Gasteiger partial charge in [-0.3, -0.25) is 115 Å². The number of carboxylic acid groups (broad SMARTS) is 1. The van der Waals surface area contributed by atoms with E-state index in [9.17, 15) is 109 Å². The fraction of sp³-hybridized carbons (Fsp3) is 0.569. The predicted molar refractivity (Wildman–Crippen MR) is 450 cm³/mol. The van der Waals surface area contributed by atoms with Crippen LogP contribution in [0.5, 0.6) is 0 Å². The highest BCUT2D eigenvalue weighted by Crippen LogP contribution is 2.34. The van der Waals surface area contributed by atoms with Crippen LogP contribution < -0.4 is 107 Å². The number of primary amides is 1. The number of nitrogens with two attached hydrogens (primary N) is 9. The standard InChI is InChI=1S/C15H25N7O7.C15H20N6O7.C15H25N5O7.C14H21N5O8.C13H18N4O9/c16-7(2-1-4-19-14(17)18)13(25)28-6-8-10(23)11(24)12(29-8)22-5-3-9(21-27)20-15(22)26;16-8(3-7-4-17-6-18-7)14(24)27-5-9-11(22)12(23)13(28-9)21-2-1-10(20-26)19-15(21)25;16-5-2-1-3-8(17)14(23)26-7-9-11(21)12(22)13(27-9)20-6-4-10(19-25)18-15(20)24;15-6(1-2-8(16)20)13(23)26-5-7-10(21)11(22)12(27-7)19-4-3-9(18-25)17-14(19)24;14-5(3-8(18)19)12(22)25-4-6-9(20)10(21)11(26-6)17-2-1-7(16-24)15-13(17)23/h3,5,7-8,10-12,23-24,27H,1-2,4,6,16H2,(H4,17,18,19)(H,20,21,26);1-2,4,6,8-9,11-13,22-23,26H,3,5,16H2,(H,17,18)(H,19,20,25);4,6,8-9,11-13,21-22,25H,1-3,5,7,16-17H2,(H,18,19,24);3-4,6-7,10-12,21-22,25H,1-2,5,15H2,(H2,16,20)(H,17,18,24);1-2,5-6,9-11,20-21,24H,3-4,14H2,(H,18,19)(H,15,16,23)/t7-,8-,10-,11-,12-;2*8-,9-,11-,12-,13-;6-,7-,10-,11-,12-;5-,6-,9-,10-,11-/m11111/s1/i12D;2*13D;12D;11D. The molecule has 5 fully saturated rings. The van der Waals surface area contributed by atoms with Crippen molar-refractivity contribution in [2.24, 2.45) is 56.6 Å². The number of ether oxygens (including phenoxy) is 10. The quantitative estimate of drug-likeness (QED) is 0.00424. The Morgan fingerprint density at radius 2 is 0.686 bits per heavy atom. The van der Waals surface area contributed by atoms with E-state index in [0.717, 1.165) is 61.3 Å². The van der Waals surface area contributed by atoms with Gasteiger partial charge < -0.3 is 160 Å². The second-order valence-corrected chi connectivity index (χ2v) is 29.3. The van der Waals surface area contributed by atoms with Crippen LogP contribution in [0.1, 0.15) is 94.9 Å². The largest absolute Gasteiger partial charge is 0.481 e. The first-order chi connectivity index (χ1) is 66.8. The molecule has 25 atom stereocenters. The number of aliphatic imine (C=N–C) groups is 1. The maximum absolute atomic E-state index is 12.1. The Bertz CT molecular complexity index is 5580. The molecule has 11 rings (SSSR count). The number of imidazole rings is 1. The van der Waals surface area contributed by atoms with Crippen LogP contribution in [0.4, 0.5) is 29.1 Å². The molecule has 5 aliphatic rings. The van der Waals surface area contributed by atoms with Crippen molar-refractivity contribution >= 4 is 76.8 Å². The van der Waals surface area contributed by atoms with Crippen LogP contribution in [0.2, 0.25) is 0 Å². The van der Waals surface area contributed by atoms with Gasteiger partial charge in [-0.25, -0.2) is 29.0 Å². The second kappa shape index (κ2) is 53.6. The van der Waals surface area contributed by atoms with Crippen molar-refractivity contribution in [2.75, 3.05) is 73.5 Å². The lowest BCUT2D eigenvalue weighted by molar-refractivity contribution is -0.154. The van der Waals surface area contributed by atoms with Gasteiger partial charge in [-0.05, 0) is 69.0 Å².